The number of hydrogen-bond acceptors (Lipinski definition) is 3. The zero-order valence-corrected chi connectivity index (χ0v) is 16.8. The summed E-state index contributed by atoms with van der Waals surface area (Å²) in [5, 5.41) is 2.91. The smallest absolute Gasteiger partial charge is 0.261 e. The predicted octanol–water partition coefficient (Wildman–Crippen LogP) is 4.24. The van der Waals surface area contributed by atoms with Crippen LogP contribution in [-0.2, 0) is 16.1 Å². The quantitative estimate of drug-likeness (QED) is 0.694. The van der Waals surface area contributed by atoms with E-state index >= 15 is 0 Å². The zero-order valence-electron chi connectivity index (χ0n) is 16.8. The van der Waals surface area contributed by atoms with Crippen molar-refractivity contribution in [2.45, 2.75) is 45.2 Å². The number of nitrogens with zero attached hydrogens (tertiary/aromatic N) is 1. The van der Waals surface area contributed by atoms with E-state index in [-0.39, 0.29) is 30.4 Å². The molecule has 1 atom stereocenters. The van der Waals surface area contributed by atoms with Crippen molar-refractivity contribution >= 4 is 17.5 Å². The number of ether oxygens (including phenoxy) is 1. The standard InChI is InChI=1S/C24H28N2O3/c1-17(19-10-11-19)26(15-18-6-3-2-4-7-18)23(27)16-29-22-9-5-8-21(14-22)25-24(28)20-12-13-20/h2-9,14,17,19-20H,10-13,15-16H2,1H3,(H,25,28). The van der Waals surface area contributed by atoms with Crippen molar-refractivity contribution in [3.8, 4) is 5.75 Å². The highest BCUT2D eigenvalue weighted by atomic mass is 16.5. The molecule has 2 aromatic rings. The van der Waals surface area contributed by atoms with Crippen molar-refractivity contribution in [3.63, 3.8) is 0 Å². The fourth-order valence-electron chi connectivity index (χ4n) is 3.55. The Hall–Kier alpha value is -2.82. The number of hydrogen-bond donors (Lipinski definition) is 1. The summed E-state index contributed by atoms with van der Waals surface area (Å²) in [6.07, 6.45) is 4.30. The minimum absolute atomic E-state index is 0.0100. The Kier molecular flexibility index (Phi) is 5.84. The SMILES string of the molecule is CC(C1CC1)N(Cc1ccccc1)C(=O)COc1cccc(NC(=O)C2CC2)c1. The Balaban J connectivity index is 1.37. The van der Waals surface area contributed by atoms with E-state index in [0.29, 0.717) is 23.9 Å². The van der Waals surface area contributed by atoms with Crippen molar-refractivity contribution in [1.29, 1.82) is 0 Å². The maximum Gasteiger partial charge on any atom is 0.261 e. The minimum Gasteiger partial charge on any atom is -0.484 e. The first-order valence-electron chi connectivity index (χ1n) is 10.5. The number of carbonyl (C=O) groups excluding carboxylic acids is 2. The normalized spacial score (nSPS) is 16.7. The number of nitrogens with one attached hydrogen (secondary N) is 1. The highest BCUT2D eigenvalue weighted by Crippen LogP contribution is 2.36. The molecule has 0 spiro atoms. The van der Waals surface area contributed by atoms with Gasteiger partial charge in [0.1, 0.15) is 5.75 Å². The Morgan fingerprint density at radius 1 is 1.07 bits per heavy atom. The van der Waals surface area contributed by atoms with Crippen LogP contribution in [0.25, 0.3) is 0 Å². The fourth-order valence-corrected chi connectivity index (χ4v) is 3.55. The van der Waals surface area contributed by atoms with E-state index in [9.17, 15) is 9.59 Å². The summed E-state index contributed by atoms with van der Waals surface area (Å²) in [6, 6.07) is 17.5. The van der Waals surface area contributed by atoms with Crippen LogP contribution in [0.15, 0.2) is 54.6 Å². The molecule has 0 aliphatic heterocycles. The molecule has 0 heterocycles. The zero-order chi connectivity index (χ0) is 20.2. The molecule has 0 radical (unpaired) electrons. The number of rotatable bonds is 9. The van der Waals surface area contributed by atoms with Gasteiger partial charge in [-0.25, -0.2) is 0 Å². The monoisotopic (exact) mass is 392 g/mol. The second-order valence-corrected chi connectivity index (χ2v) is 8.17. The molecule has 1 unspecified atom stereocenters. The third-order valence-corrected chi connectivity index (χ3v) is 5.72. The van der Waals surface area contributed by atoms with Gasteiger partial charge in [-0.3, -0.25) is 9.59 Å². The molecule has 2 aliphatic rings. The summed E-state index contributed by atoms with van der Waals surface area (Å²) in [5.74, 6) is 1.37. The molecule has 0 saturated heterocycles. The van der Waals surface area contributed by atoms with Gasteiger partial charge in [0.15, 0.2) is 6.61 Å². The molecule has 0 bridgehead atoms. The van der Waals surface area contributed by atoms with Gasteiger partial charge in [-0.15, -0.1) is 0 Å². The van der Waals surface area contributed by atoms with E-state index < -0.39 is 0 Å². The molecule has 5 heteroatoms. The van der Waals surface area contributed by atoms with Gasteiger partial charge in [-0.1, -0.05) is 36.4 Å². The Morgan fingerprint density at radius 2 is 1.83 bits per heavy atom. The molecule has 2 amide bonds. The van der Waals surface area contributed by atoms with E-state index in [1.165, 1.54) is 12.8 Å². The minimum atomic E-state index is -0.0133. The molecule has 2 saturated carbocycles. The summed E-state index contributed by atoms with van der Waals surface area (Å²) in [5.41, 5.74) is 1.83. The lowest BCUT2D eigenvalue weighted by Gasteiger charge is -2.29. The van der Waals surface area contributed by atoms with E-state index in [2.05, 4.69) is 12.2 Å². The molecule has 152 valence electrons. The molecule has 29 heavy (non-hydrogen) atoms. The summed E-state index contributed by atoms with van der Waals surface area (Å²) in [7, 11) is 0. The Morgan fingerprint density at radius 3 is 2.52 bits per heavy atom. The van der Waals surface area contributed by atoms with Crippen LogP contribution in [0.4, 0.5) is 5.69 Å². The second-order valence-electron chi connectivity index (χ2n) is 8.17. The van der Waals surface area contributed by atoms with Gasteiger partial charge in [-0.05, 0) is 56.2 Å². The van der Waals surface area contributed by atoms with Crippen molar-refractivity contribution in [2.24, 2.45) is 11.8 Å². The van der Waals surface area contributed by atoms with Gasteiger partial charge < -0.3 is 15.0 Å². The molecule has 2 aromatic carbocycles. The topological polar surface area (TPSA) is 58.6 Å². The third-order valence-electron chi connectivity index (χ3n) is 5.72. The van der Waals surface area contributed by atoms with Crippen molar-refractivity contribution in [1.82, 2.24) is 4.90 Å². The first-order chi connectivity index (χ1) is 14.1. The molecular formula is C24H28N2O3. The Labute approximate surface area is 172 Å². The van der Waals surface area contributed by atoms with Crippen LogP contribution in [0.2, 0.25) is 0 Å². The number of carbonyl (C=O) groups is 2. The van der Waals surface area contributed by atoms with E-state index in [1.807, 2.05) is 53.4 Å². The van der Waals surface area contributed by atoms with Crippen molar-refractivity contribution in [3.05, 3.63) is 60.2 Å². The highest BCUT2D eigenvalue weighted by molar-refractivity contribution is 5.94. The lowest BCUT2D eigenvalue weighted by Crippen LogP contribution is -2.42. The molecule has 4 rings (SSSR count). The van der Waals surface area contributed by atoms with Gasteiger partial charge >= 0.3 is 0 Å². The van der Waals surface area contributed by atoms with Crippen molar-refractivity contribution < 1.29 is 14.3 Å². The van der Waals surface area contributed by atoms with Gasteiger partial charge in [-0.2, -0.15) is 0 Å². The molecular weight excluding hydrogens is 364 g/mol. The lowest BCUT2D eigenvalue weighted by molar-refractivity contribution is -0.136. The third kappa shape index (κ3) is 5.37. The highest BCUT2D eigenvalue weighted by Gasteiger charge is 2.34. The van der Waals surface area contributed by atoms with Crippen LogP contribution >= 0.6 is 0 Å². The maximum absolute atomic E-state index is 13.0. The van der Waals surface area contributed by atoms with Gasteiger partial charge in [0, 0.05) is 30.3 Å². The average molecular weight is 392 g/mol. The van der Waals surface area contributed by atoms with Crippen LogP contribution in [0.5, 0.6) is 5.75 Å². The van der Waals surface area contributed by atoms with Gasteiger partial charge in [0.2, 0.25) is 5.91 Å². The Bertz CT molecular complexity index is 859. The summed E-state index contributed by atoms with van der Waals surface area (Å²) in [6.45, 7) is 2.72. The van der Waals surface area contributed by atoms with E-state index in [4.69, 9.17) is 4.74 Å². The predicted molar refractivity (Wildman–Crippen MR) is 112 cm³/mol. The van der Waals surface area contributed by atoms with Crippen LogP contribution in [0.3, 0.4) is 0 Å². The van der Waals surface area contributed by atoms with Crippen molar-refractivity contribution in [2.75, 3.05) is 11.9 Å². The number of anilines is 1. The van der Waals surface area contributed by atoms with Crippen LogP contribution < -0.4 is 10.1 Å². The van der Waals surface area contributed by atoms with E-state index in [1.54, 1.807) is 6.07 Å². The summed E-state index contributed by atoms with van der Waals surface area (Å²) >= 11 is 0. The molecule has 1 N–H and O–H groups in total. The first kappa shape index (κ1) is 19.5. The van der Waals surface area contributed by atoms with Crippen LogP contribution in [0.1, 0.15) is 38.2 Å². The van der Waals surface area contributed by atoms with Crippen LogP contribution in [0, 0.1) is 11.8 Å². The first-order valence-corrected chi connectivity index (χ1v) is 10.5. The molecule has 2 aliphatic carbocycles. The number of amides is 2. The lowest BCUT2D eigenvalue weighted by atomic mass is 10.1. The average Bonchev–Trinajstić information content (AvgIpc) is 3.63. The fraction of sp³-hybridized carbons (Fsp3) is 0.417. The molecule has 5 nitrogen and oxygen atoms in total. The van der Waals surface area contributed by atoms with E-state index in [0.717, 1.165) is 18.4 Å². The molecule has 2 fully saturated rings. The second kappa shape index (κ2) is 8.68. The molecule has 0 aromatic heterocycles. The van der Waals surface area contributed by atoms with Gasteiger partial charge in [0.05, 0.1) is 0 Å². The van der Waals surface area contributed by atoms with Crippen LogP contribution in [-0.4, -0.2) is 29.4 Å². The number of benzene rings is 2. The maximum atomic E-state index is 13.0. The largest absolute Gasteiger partial charge is 0.484 e. The summed E-state index contributed by atoms with van der Waals surface area (Å²) in [4.78, 5) is 26.9. The van der Waals surface area contributed by atoms with Gasteiger partial charge in [0.25, 0.3) is 5.91 Å². The summed E-state index contributed by atoms with van der Waals surface area (Å²) < 4.78 is 5.79.